The molecule has 1 aromatic carbocycles. The minimum atomic E-state index is -0.727. The molecule has 2 aromatic rings. The second kappa shape index (κ2) is 5.85. The molecule has 1 aromatic heterocycles. The van der Waals surface area contributed by atoms with Crippen LogP contribution in [-0.2, 0) is 0 Å². The van der Waals surface area contributed by atoms with Gasteiger partial charge in [-0.2, -0.15) is 9.97 Å². The molecular formula is C10H8BrFN6O3. The molecule has 2 rings (SSSR count). The lowest BCUT2D eigenvalue weighted by molar-refractivity contribution is -0.385. The second-order valence-electron chi connectivity index (χ2n) is 3.69. The van der Waals surface area contributed by atoms with Crippen molar-refractivity contribution in [1.82, 2.24) is 9.97 Å². The van der Waals surface area contributed by atoms with Gasteiger partial charge >= 0.3 is 5.69 Å². The summed E-state index contributed by atoms with van der Waals surface area (Å²) in [5, 5.41) is 11.0. The fourth-order valence-corrected chi connectivity index (χ4v) is 1.76. The highest BCUT2D eigenvalue weighted by atomic mass is 79.9. The fourth-order valence-electron chi connectivity index (χ4n) is 1.42. The lowest BCUT2D eigenvalue weighted by Crippen LogP contribution is -2.10. The Balaban J connectivity index is 2.46. The zero-order valence-corrected chi connectivity index (χ0v) is 11.8. The summed E-state index contributed by atoms with van der Waals surface area (Å²) < 4.78 is 18.6. The van der Waals surface area contributed by atoms with E-state index in [1.165, 1.54) is 6.07 Å². The predicted molar refractivity (Wildman–Crippen MR) is 75.1 cm³/mol. The highest BCUT2D eigenvalue weighted by Crippen LogP contribution is 2.35. The predicted octanol–water partition coefficient (Wildman–Crippen LogP) is 1.95. The second-order valence-corrected chi connectivity index (χ2v) is 4.54. The van der Waals surface area contributed by atoms with Crippen molar-refractivity contribution in [2.75, 3.05) is 11.2 Å². The summed E-state index contributed by atoms with van der Waals surface area (Å²) in [6, 6.07) is 3.09. The Hall–Kier alpha value is -2.53. The number of nitro benzene ring substituents is 1. The molecule has 0 aliphatic carbocycles. The van der Waals surface area contributed by atoms with Gasteiger partial charge in [-0.15, -0.1) is 0 Å². The van der Waals surface area contributed by atoms with Gasteiger partial charge in [0.2, 0.25) is 17.6 Å². The maximum absolute atomic E-state index is 13.5. The van der Waals surface area contributed by atoms with Crippen molar-refractivity contribution in [2.45, 2.75) is 0 Å². The van der Waals surface area contributed by atoms with Crippen LogP contribution in [0, 0.1) is 15.9 Å². The SMILES string of the molecule is NNc1cc(Oc2cc(F)c(Br)cc2[N+](=O)[O-])nc(N)n1. The van der Waals surface area contributed by atoms with Crippen LogP contribution in [0.3, 0.4) is 0 Å². The van der Waals surface area contributed by atoms with Crippen molar-refractivity contribution in [1.29, 1.82) is 0 Å². The van der Waals surface area contributed by atoms with E-state index in [-0.39, 0.29) is 27.9 Å². The van der Waals surface area contributed by atoms with Crippen molar-refractivity contribution in [3.05, 3.63) is 38.6 Å². The van der Waals surface area contributed by atoms with Crippen molar-refractivity contribution in [3.63, 3.8) is 0 Å². The third-order valence-corrected chi connectivity index (χ3v) is 2.89. The number of hydrogen-bond donors (Lipinski definition) is 3. The molecule has 0 amide bonds. The van der Waals surface area contributed by atoms with E-state index in [1.54, 1.807) is 0 Å². The van der Waals surface area contributed by atoms with Crippen LogP contribution in [0.2, 0.25) is 0 Å². The first kappa shape index (κ1) is 14.9. The zero-order valence-electron chi connectivity index (χ0n) is 10.2. The Morgan fingerprint density at radius 2 is 2.10 bits per heavy atom. The molecule has 21 heavy (non-hydrogen) atoms. The molecule has 5 N–H and O–H groups in total. The zero-order chi connectivity index (χ0) is 15.6. The summed E-state index contributed by atoms with van der Waals surface area (Å²) in [5.74, 6) is 3.96. The number of aromatic nitrogens is 2. The van der Waals surface area contributed by atoms with E-state index in [2.05, 4.69) is 31.3 Å². The number of nitrogens with zero attached hydrogens (tertiary/aromatic N) is 3. The third-order valence-electron chi connectivity index (χ3n) is 2.28. The molecule has 0 unspecified atom stereocenters. The van der Waals surface area contributed by atoms with Crippen LogP contribution >= 0.6 is 15.9 Å². The van der Waals surface area contributed by atoms with Crippen LogP contribution in [0.1, 0.15) is 0 Å². The van der Waals surface area contributed by atoms with Crippen LogP contribution in [0.15, 0.2) is 22.7 Å². The molecule has 0 aliphatic rings. The van der Waals surface area contributed by atoms with Gasteiger partial charge in [-0.25, -0.2) is 10.2 Å². The molecule has 0 bridgehead atoms. The van der Waals surface area contributed by atoms with E-state index in [0.29, 0.717) is 0 Å². The molecule has 1 heterocycles. The van der Waals surface area contributed by atoms with Crippen molar-refractivity contribution in [2.24, 2.45) is 5.84 Å². The number of anilines is 2. The van der Waals surface area contributed by atoms with Gasteiger partial charge in [0.15, 0.2) is 0 Å². The maximum Gasteiger partial charge on any atom is 0.312 e. The smallest absolute Gasteiger partial charge is 0.312 e. The number of benzene rings is 1. The molecule has 0 aliphatic heterocycles. The highest BCUT2D eigenvalue weighted by molar-refractivity contribution is 9.10. The van der Waals surface area contributed by atoms with Crippen molar-refractivity contribution < 1.29 is 14.1 Å². The molecule has 0 saturated carbocycles. The standard InChI is InChI=1S/C10H8BrFN6O3/c11-4-1-6(18(19)20)7(2-5(4)12)21-9-3-8(17-14)15-10(13)16-9/h1-3H,14H2,(H3,13,15,16,17). The van der Waals surface area contributed by atoms with Crippen molar-refractivity contribution in [3.8, 4) is 11.6 Å². The molecule has 0 spiro atoms. The van der Waals surface area contributed by atoms with E-state index in [0.717, 1.165) is 12.1 Å². The molecule has 0 fully saturated rings. The lowest BCUT2D eigenvalue weighted by Gasteiger charge is -2.08. The maximum atomic E-state index is 13.5. The largest absolute Gasteiger partial charge is 0.431 e. The quantitative estimate of drug-likeness (QED) is 0.427. The summed E-state index contributed by atoms with van der Waals surface area (Å²) in [6.07, 6.45) is 0. The summed E-state index contributed by atoms with van der Waals surface area (Å²) in [4.78, 5) is 17.7. The van der Waals surface area contributed by atoms with Gasteiger partial charge in [-0.05, 0) is 15.9 Å². The van der Waals surface area contributed by atoms with Gasteiger partial charge in [0.05, 0.1) is 9.40 Å². The van der Waals surface area contributed by atoms with Gasteiger partial charge in [0.25, 0.3) is 0 Å². The number of hydrogen-bond acceptors (Lipinski definition) is 8. The summed E-state index contributed by atoms with van der Waals surface area (Å²) in [5.41, 5.74) is 7.21. The first-order chi connectivity index (χ1) is 9.90. The molecule has 11 heteroatoms. The van der Waals surface area contributed by atoms with Gasteiger partial charge in [-0.1, -0.05) is 0 Å². The molecular weight excluding hydrogens is 351 g/mol. The van der Waals surface area contributed by atoms with Crippen LogP contribution in [-0.4, -0.2) is 14.9 Å². The Morgan fingerprint density at radius 1 is 1.38 bits per heavy atom. The number of nitrogens with one attached hydrogen (secondary N) is 1. The molecule has 0 saturated heterocycles. The van der Waals surface area contributed by atoms with Gasteiger partial charge < -0.3 is 15.9 Å². The van der Waals surface area contributed by atoms with Gasteiger partial charge in [-0.3, -0.25) is 10.1 Å². The number of nitro groups is 1. The Morgan fingerprint density at radius 3 is 2.71 bits per heavy atom. The Kier molecular flexibility index (Phi) is 4.14. The average Bonchev–Trinajstić information content (AvgIpc) is 2.41. The van der Waals surface area contributed by atoms with Crippen LogP contribution in [0.4, 0.5) is 21.8 Å². The summed E-state index contributed by atoms with van der Waals surface area (Å²) >= 11 is 2.86. The fraction of sp³-hybridized carbons (Fsp3) is 0. The third kappa shape index (κ3) is 3.32. The topological polar surface area (TPSA) is 142 Å². The summed E-state index contributed by atoms with van der Waals surface area (Å²) in [6.45, 7) is 0. The minimum absolute atomic E-state index is 0.0620. The van der Waals surface area contributed by atoms with E-state index in [1.807, 2.05) is 0 Å². The van der Waals surface area contributed by atoms with Crippen LogP contribution in [0.25, 0.3) is 0 Å². The minimum Gasteiger partial charge on any atom is -0.431 e. The number of hydrazine groups is 1. The molecule has 0 radical (unpaired) electrons. The summed E-state index contributed by atoms with van der Waals surface area (Å²) in [7, 11) is 0. The number of rotatable bonds is 4. The average molecular weight is 359 g/mol. The van der Waals surface area contributed by atoms with Gasteiger partial charge in [0.1, 0.15) is 11.6 Å². The molecule has 110 valence electrons. The van der Waals surface area contributed by atoms with Crippen molar-refractivity contribution >= 4 is 33.4 Å². The van der Waals surface area contributed by atoms with Crippen LogP contribution < -0.4 is 21.7 Å². The van der Waals surface area contributed by atoms with E-state index in [9.17, 15) is 14.5 Å². The lowest BCUT2D eigenvalue weighted by atomic mass is 10.3. The van der Waals surface area contributed by atoms with E-state index in [4.69, 9.17) is 16.3 Å². The normalized spacial score (nSPS) is 10.2. The monoisotopic (exact) mass is 358 g/mol. The Bertz CT molecular complexity index is 713. The number of ether oxygens (including phenoxy) is 1. The number of nitrogen functional groups attached to an aromatic ring is 2. The van der Waals surface area contributed by atoms with Gasteiger partial charge in [0, 0.05) is 18.2 Å². The molecule has 0 atom stereocenters. The highest BCUT2D eigenvalue weighted by Gasteiger charge is 2.20. The number of halogens is 2. The van der Waals surface area contributed by atoms with E-state index >= 15 is 0 Å². The first-order valence-electron chi connectivity index (χ1n) is 5.33. The van der Waals surface area contributed by atoms with Crippen LogP contribution in [0.5, 0.6) is 11.6 Å². The van der Waals surface area contributed by atoms with E-state index < -0.39 is 16.4 Å². The first-order valence-corrected chi connectivity index (χ1v) is 6.12. The molecule has 9 nitrogen and oxygen atoms in total. The Labute approximate surface area is 125 Å². The number of nitrogens with two attached hydrogens (primary N) is 2.